The highest BCUT2D eigenvalue weighted by Crippen LogP contribution is 2.33. The lowest BCUT2D eigenvalue weighted by Crippen LogP contribution is -2.24. The minimum atomic E-state index is -0.480. The first kappa shape index (κ1) is 16.0. The van der Waals surface area contributed by atoms with E-state index in [0.29, 0.717) is 28.9 Å². The number of carbonyl (C=O) groups excluding carboxylic acids is 2. The van der Waals surface area contributed by atoms with Gasteiger partial charge in [-0.15, -0.1) is 0 Å². The summed E-state index contributed by atoms with van der Waals surface area (Å²) < 4.78 is 0.347. The monoisotopic (exact) mass is 372 g/mol. The molecule has 2 rings (SSSR count). The third-order valence-electron chi connectivity index (χ3n) is 3.17. The van der Waals surface area contributed by atoms with Gasteiger partial charge in [0, 0.05) is 37.4 Å². The molecule has 112 valence electrons. The van der Waals surface area contributed by atoms with Crippen molar-refractivity contribution >= 4 is 50.1 Å². The van der Waals surface area contributed by atoms with Crippen molar-refractivity contribution in [1.82, 2.24) is 0 Å². The molecule has 21 heavy (non-hydrogen) atoms. The third kappa shape index (κ3) is 3.82. The van der Waals surface area contributed by atoms with Gasteiger partial charge in [-0.25, -0.2) is 0 Å². The maximum Gasteiger partial charge on any atom is 0.283 e. The molecule has 1 atom stereocenters. The molecule has 1 fully saturated rings. The van der Waals surface area contributed by atoms with Gasteiger partial charge in [-0.3, -0.25) is 19.7 Å². The molecule has 0 N–H and O–H groups in total. The predicted molar refractivity (Wildman–Crippen MR) is 84.4 cm³/mol. The first-order chi connectivity index (χ1) is 9.88. The van der Waals surface area contributed by atoms with Crippen LogP contribution in [-0.4, -0.2) is 28.2 Å². The Morgan fingerprint density at radius 3 is 2.86 bits per heavy atom. The Bertz CT molecular complexity index is 608. The van der Waals surface area contributed by atoms with Crippen LogP contribution in [0.15, 0.2) is 22.7 Å². The van der Waals surface area contributed by atoms with Gasteiger partial charge in [0.15, 0.2) is 5.12 Å². The SMILES string of the molecule is CC(=O)SCC1CC(=O)N(c2ccc([N+](=O)[O-])c(Br)c2)C1. The quantitative estimate of drug-likeness (QED) is 0.599. The number of hydrogen-bond donors (Lipinski definition) is 0. The standard InChI is InChI=1S/C13H13BrN2O4S/c1-8(17)21-7-9-4-13(18)15(6-9)10-2-3-12(16(19)20)11(14)5-10/h2-3,5,9H,4,6-7H2,1H3. The molecule has 1 amide bonds. The average Bonchev–Trinajstić information content (AvgIpc) is 2.77. The lowest BCUT2D eigenvalue weighted by atomic mass is 10.1. The van der Waals surface area contributed by atoms with Crippen LogP contribution in [0.2, 0.25) is 0 Å². The fraction of sp³-hybridized carbons (Fsp3) is 0.385. The molecule has 0 aromatic heterocycles. The number of thioether (sulfide) groups is 1. The van der Waals surface area contributed by atoms with Gasteiger partial charge >= 0.3 is 0 Å². The van der Waals surface area contributed by atoms with Crippen LogP contribution in [0.4, 0.5) is 11.4 Å². The molecule has 0 spiro atoms. The largest absolute Gasteiger partial charge is 0.312 e. The van der Waals surface area contributed by atoms with Gasteiger partial charge in [0.25, 0.3) is 5.69 Å². The first-order valence-corrected chi connectivity index (χ1v) is 8.04. The van der Waals surface area contributed by atoms with Crippen molar-refractivity contribution in [3.63, 3.8) is 0 Å². The van der Waals surface area contributed by atoms with Crippen molar-refractivity contribution in [3.8, 4) is 0 Å². The van der Waals surface area contributed by atoms with Crippen LogP contribution in [-0.2, 0) is 9.59 Å². The van der Waals surface area contributed by atoms with Crippen molar-refractivity contribution < 1.29 is 14.5 Å². The maximum atomic E-state index is 12.0. The Labute approximate surface area is 134 Å². The molecule has 1 aliphatic heterocycles. The molecular formula is C13H13BrN2O4S. The molecule has 1 aromatic rings. The summed E-state index contributed by atoms with van der Waals surface area (Å²) in [6.45, 7) is 2.04. The van der Waals surface area contributed by atoms with Crippen LogP contribution in [0, 0.1) is 16.0 Å². The summed E-state index contributed by atoms with van der Waals surface area (Å²) in [5, 5.41) is 10.8. The van der Waals surface area contributed by atoms with Gasteiger partial charge < -0.3 is 4.90 Å². The van der Waals surface area contributed by atoms with Gasteiger partial charge in [-0.2, -0.15) is 0 Å². The van der Waals surface area contributed by atoms with E-state index < -0.39 is 4.92 Å². The van der Waals surface area contributed by atoms with Crippen molar-refractivity contribution in [3.05, 3.63) is 32.8 Å². The predicted octanol–water partition coefficient (Wildman–Crippen LogP) is 2.99. The fourth-order valence-electron chi connectivity index (χ4n) is 2.19. The molecule has 1 aromatic carbocycles. The topological polar surface area (TPSA) is 80.5 Å². The van der Waals surface area contributed by atoms with E-state index in [0.717, 1.165) is 0 Å². The number of hydrogen-bond acceptors (Lipinski definition) is 5. The minimum absolute atomic E-state index is 0.0232. The van der Waals surface area contributed by atoms with Crippen LogP contribution in [0.1, 0.15) is 13.3 Å². The van der Waals surface area contributed by atoms with Gasteiger partial charge in [-0.05, 0) is 34.0 Å². The fourth-order valence-corrected chi connectivity index (χ4v) is 3.39. The molecule has 0 bridgehead atoms. The van der Waals surface area contributed by atoms with Crippen LogP contribution >= 0.6 is 27.7 Å². The van der Waals surface area contributed by atoms with Crippen LogP contribution < -0.4 is 4.90 Å². The number of nitro benzene ring substituents is 1. The Morgan fingerprint density at radius 2 is 2.29 bits per heavy atom. The maximum absolute atomic E-state index is 12.0. The second kappa shape index (κ2) is 6.57. The van der Waals surface area contributed by atoms with Crippen molar-refractivity contribution in [2.24, 2.45) is 5.92 Å². The van der Waals surface area contributed by atoms with Gasteiger partial charge in [0.2, 0.25) is 5.91 Å². The van der Waals surface area contributed by atoms with E-state index in [1.807, 2.05) is 0 Å². The van der Waals surface area contributed by atoms with E-state index in [2.05, 4.69) is 15.9 Å². The van der Waals surface area contributed by atoms with Crippen LogP contribution in [0.3, 0.4) is 0 Å². The van der Waals surface area contributed by atoms with Gasteiger partial charge in [-0.1, -0.05) is 11.8 Å². The van der Waals surface area contributed by atoms with E-state index in [9.17, 15) is 19.7 Å². The molecule has 6 nitrogen and oxygen atoms in total. The summed E-state index contributed by atoms with van der Waals surface area (Å²) in [6.07, 6.45) is 0.398. The minimum Gasteiger partial charge on any atom is -0.312 e. The lowest BCUT2D eigenvalue weighted by Gasteiger charge is -2.17. The second-order valence-electron chi connectivity index (χ2n) is 4.77. The van der Waals surface area contributed by atoms with Crippen molar-refractivity contribution in [1.29, 1.82) is 0 Å². The third-order valence-corrected chi connectivity index (χ3v) is 4.85. The Hall–Kier alpha value is -1.41. The molecule has 0 aliphatic carbocycles. The van der Waals surface area contributed by atoms with Gasteiger partial charge in [0.1, 0.15) is 0 Å². The first-order valence-electron chi connectivity index (χ1n) is 6.26. The van der Waals surface area contributed by atoms with Crippen molar-refractivity contribution in [2.45, 2.75) is 13.3 Å². The molecule has 1 unspecified atom stereocenters. The smallest absolute Gasteiger partial charge is 0.283 e. The van der Waals surface area contributed by atoms with E-state index in [1.165, 1.54) is 24.8 Å². The number of nitrogens with zero attached hydrogens (tertiary/aromatic N) is 2. The molecule has 1 aliphatic rings. The zero-order valence-electron chi connectivity index (χ0n) is 11.2. The van der Waals surface area contributed by atoms with Gasteiger partial charge in [0.05, 0.1) is 9.40 Å². The van der Waals surface area contributed by atoms with E-state index in [-0.39, 0.29) is 22.6 Å². The van der Waals surface area contributed by atoms with Crippen LogP contribution in [0.25, 0.3) is 0 Å². The van der Waals surface area contributed by atoms with Crippen molar-refractivity contribution in [2.75, 3.05) is 17.2 Å². The number of amides is 1. The van der Waals surface area contributed by atoms with E-state index in [4.69, 9.17) is 0 Å². The Balaban J connectivity index is 2.12. The summed E-state index contributed by atoms with van der Waals surface area (Å²) in [5.74, 6) is 0.719. The Kier molecular flexibility index (Phi) is 5.00. The summed E-state index contributed by atoms with van der Waals surface area (Å²) in [7, 11) is 0. The second-order valence-corrected chi connectivity index (χ2v) is 6.82. The highest BCUT2D eigenvalue weighted by atomic mass is 79.9. The molecule has 1 heterocycles. The summed E-state index contributed by atoms with van der Waals surface area (Å²) in [6, 6.07) is 4.53. The summed E-state index contributed by atoms with van der Waals surface area (Å²) in [5.41, 5.74) is 0.599. The number of benzene rings is 1. The average molecular weight is 373 g/mol. The summed E-state index contributed by atoms with van der Waals surface area (Å²) >= 11 is 4.37. The normalized spacial score (nSPS) is 18.1. The highest BCUT2D eigenvalue weighted by molar-refractivity contribution is 9.10. The van der Waals surface area contributed by atoms with E-state index >= 15 is 0 Å². The summed E-state index contributed by atoms with van der Waals surface area (Å²) in [4.78, 5) is 34.9. The number of halogens is 1. The number of anilines is 1. The lowest BCUT2D eigenvalue weighted by molar-refractivity contribution is -0.385. The van der Waals surface area contributed by atoms with Crippen LogP contribution in [0.5, 0.6) is 0 Å². The molecule has 0 saturated carbocycles. The molecular weight excluding hydrogens is 360 g/mol. The Morgan fingerprint density at radius 1 is 1.57 bits per heavy atom. The number of nitro groups is 1. The molecule has 0 radical (unpaired) electrons. The van der Waals surface area contributed by atoms with E-state index in [1.54, 1.807) is 17.0 Å². The number of rotatable bonds is 4. The zero-order chi connectivity index (χ0) is 15.6. The highest BCUT2D eigenvalue weighted by Gasteiger charge is 2.31. The molecule has 8 heteroatoms. The molecule has 1 saturated heterocycles. The number of carbonyl (C=O) groups is 2. The zero-order valence-corrected chi connectivity index (χ0v) is 13.6.